The normalized spacial score (nSPS) is 10.5. The SMILES string of the molecule is O=C(OCc1cccc(Oc2ccc([N+](=O)[O-])cc2)c1)c1ccccc1Sc1ccc([N+](=O)[O-])cc1[N+](=O)[O-]. The number of rotatable bonds is 10. The largest absolute Gasteiger partial charge is 0.457 e. The van der Waals surface area contributed by atoms with Crippen LogP contribution >= 0.6 is 11.8 Å². The first kappa shape index (κ1) is 26.8. The van der Waals surface area contributed by atoms with Crippen LogP contribution in [0.1, 0.15) is 15.9 Å². The van der Waals surface area contributed by atoms with E-state index >= 15 is 0 Å². The molecule has 0 spiro atoms. The van der Waals surface area contributed by atoms with Crippen LogP contribution in [0.2, 0.25) is 0 Å². The maximum absolute atomic E-state index is 12.9. The number of nitro benzene ring substituents is 3. The van der Waals surface area contributed by atoms with Gasteiger partial charge >= 0.3 is 5.97 Å². The van der Waals surface area contributed by atoms with Crippen molar-refractivity contribution in [3.05, 3.63) is 132 Å². The topological polar surface area (TPSA) is 165 Å². The van der Waals surface area contributed by atoms with Crippen LogP contribution in [-0.2, 0) is 11.3 Å². The summed E-state index contributed by atoms with van der Waals surface area (Å²) in [5, 5.41) is 33.3. The van der Waals surface area contributed by atoms with Crippen molar-refractivity contribution in [2.75, 3.05) is 0 Å². The summed E-state index contributed by atoms with van der Waals surface area (Å²) in [6.07, 6.45) is 0. The van der Waals surface area contributed by atoms with Crippen LogP contribution in [0.5, 0.6) is 11.5 Å². The molecule has 0 saturated carbocycles. The van der Waals surface area contributed by atoms with Crippen LogP contribution in [0.4, 0.5) is 17.1 Å². The highest BCUT2D eigenvalue weighted by Crippen LogP contribution is 2.38. The molecule has 196 valence electrons. The predicted octanol–water partition coefficient (Wildman–Crippen LogP) is 6.71. The maximum atomic E-state index is 12.9. The smallest absolute Gasteiger partial charge is 0.339 e. The zero-order valence-corrected chi connectivity index (χ0v) is 20.6. The molecule has 4 aromatic carbocycles. The number of hydrogen-bond acceptors (Lipinski definition) is 10. The monoisotopic (exact) mass is 547 g/mol. The van der Waals surface area contributed by atoms with E-state index in [4.69, 9.17) is 9.47 Å². The minimum Gasteiger partial charge on any atom is -0.457 e. The van der Waals surface area contributed by atoms with E-state index in [1.54, 1.807) is 42.5 Å². The van der Waals surface area contributed by atoms with Gasteiger partial charge in [0.2, 0.25) is 0 Å². The fourth-order valence-electron chi connectivity index (χ4n) is 3.39. The number of carbonyl (C=O) groups is 1. The molecule has 0 atom stereocenters. The van der Waals surface area contributed by atoms with Gasteiger partial charge in [-0.2, -0.15) is 0 Å². The standard InChI is InChI=1S/C26H17N3O9S/c30-26(37-16-17-4-3-5-21(14-17)38-20-11-8-18(9-12-20)27(31)32)22-6-1-2-7-24(22)39-25-13-10-19(28(33)34)15-23(25)29(35)36/h1-15H,16H2. The Labute approximate surface area is 224 Å². The van der Waals surface area contributed by atoms with E-state index < -0.39 is 32.1 Å². The van der Waals surface area contributed by atoms with Crippen molar-refractivity contribution in [3.8, 4) is 11.5 Å². The predicted molar refractivity (Wildman–Crippen MR) is 139 cm³/mol. The average molecular weight is 548 g/mol. The van der Waals surface area contributed by atoms with E-state index in [0.717, 1.165) is 23.9 Å². The van der Waals surface area contributed by atoms with Gasteiger partial charge in [0.15, 0.2) is 0 Å². The lowest BCUT2D eigenvalue weighted by Gasteiger charge is -2.11. The van der Waals surface area contributed by atoms with Gasteiger partial charge in [-0.25, -0.2) is 4.79 Å². The van der Waals surface area contributed by atoms with Crippen LogP contribution in [0.15, 0.2) is 101 Å². The van der Waals surface area contributed by atoms with Crippen molar-refractivity contribution >= 4 is 34.8 Å². The van der Waals surface area contributed by atoms with Crippen LogP contribution in [0, 0.1) is 30.3 Å². The molecule has 39 heavy (non-hydrogen) atoms. The summed E-state index contributed by atoms with van der Waals surface area (Å²) in [7, 11) is 0. The minimum atomic E-state index is -0.723. The molecule has 0 bridgehead atoms. The number of ether oxygens (including phenoxy) is 2. The fraction of sp³-hybridized carbons (Fsp3) is 0.0385. The average Bonchev–Trinajstić information content (AvgIpc) is 2.92. The molecule has 4 aromatic rings. The third kappa shape index (κ3) is 6.72. The highest BCUT2D eigenvalue weighted by atomic mass is 32.2. The van der Waals surface area contributed by atoms with Gasteiger partial charge in [-0.1, -0.05) is 36.0 Å². The van der Waals surface area contributed by atoms with Crippen LogP contribution in [-0.4, -0.2) is 20.7 Å². The molecule has 12 nitrogen and oxygen atoms in total. The number of carbonyl (C=O) groups excluding carboxylic acids is 1. The van der Waals surface area contributed by atoms with Gasteiger partial charge < -0.3 is 9.47 Å². The first-order chi connectivity index (χ1) is 18.7. The summed E-state index contributed by atoms with van der Waals surface area (Å²) in [5.41, 5.74) is -0.169. The lowest BCUT2D eigenvalue weighted by Crippen LogP contribution is -2.07. The molecule has 13 heteroatoms. The number of nitrogens with zero attached hydrogens (tertiary/aromatic N) is 3. The second-order valence-electron chi connectivity index (χ2n) is 7.84. The summed E-state index contributed by atoms with van der Waals surface area (Å²) < 4.78 is 11.2. The van der Waals surface area contributed by atoms with Gasteiger partial charge in [-0.05, 0) is 48.0 Å². The number of hydrogen-bond donors (Lipinski definition) is 0. The molecule has 0 aliphatic rings. The van der Waals surface area contributed by atoms with Gasteiger partial charge in [-0.15, -0.1) is 0 Å². The van der Waals surface area contributed by atoms with Crippen molar-refractivity contribution < 1.29 is 29.0 Å². The maximum Gasteiger partial charge on any atom is 0.339 e. The fourth-order valence-corrected chi connectivity index (χ4v) is 4.41. The molecule has 0 aliphatic carbocycles. The Morgan fingerprint density at radius 2 is 1.38 bits per heavy atom. The lowest BCUT2D eigenvalue weighted by atomic mass is 10.2. The first-order valence-corrected chi connectivity index (χ1v) is 11.9. The number of benzene rings is 4. The molecule has 0 unspecified atom stereocenters. The van der Waals surface area contributed by atoms with Crippen molar-refractivity contribution in [2.45, 2.75) is 16.4 Å². The Balaban J connectivity index is 1.46. The van der Waals surface area contributed by atoms with Crippen molar-refractivity contribution in [3.63, 3.8) is 0 Å². The Bertz CT molecular complexity index is 1580. The minimum absolute atomic E-state index is 0.0651. The van der Waals surface area contributed by atoms with Crippen LogP contribution < -0.4 is 4.74 Å². The van der Waals surface area contributed by atoms with E-state index in [1.165, 1.54) is 36.4 Å². The Kier molecular flexibility index (Phi) is 8.12. The number of esters is 1. The molecule has 0 radical (unpaired) electrons. The highest BCUT2D eigenvalue weighted by Gasteiger charge is 2.22. The zero-order chi connectivity index (χ0) is 27.9. The molecule has 4 rings (SSSR count). The number of non-ortho nitro benzene ring substituents is 2. The molecule has 0 aromatic heterocycles. The van der Waals surface area contributed by atoms with Crippen molar-refractivity contribution in [2.24, 2.45) is 0 Å². The van der Waals surface area contributed by atoms with E-state index in [2.05, 4.69) is 0 Å². The molecule has 0 amide bonds. The molecule has 0 heterocycles. The third-order valence-corrected chi connectivity index (χ3v) is 6.37. The third-order valence-electron chi connectivity index (χ3n) is 5.23. The van der Waals surface area contributed by atoms with E-state index in [1.807, 2.05) is 0 Å². The van der Waals surface area contributed by atoms with Gasteiger partial charge in [-0.3, -0.25) is 30.3 Å². The van der Waals surface area contributed by atoms with E-state index in [9.17, 15) is 35.1 Å². The molecular weight excluding hydrogens is 530 g/mol. The Morgan fingerprint density at radius 3 is 2.08 bits per heavy atom. The quantitative estimate of drug-likeness (QED) is 0.118. The first-order valence-electron chi connectivity index (χ1n) is 11.1. The van der Waals surface area contributed by atoms with Crippen molar-refractivity contribution in [1.82, 2.24) is 0 Å². The Morgan fingerprint density at radius 1 is 0.692 bits per heavy atom. The molecule has 0 N–H and O–H groups in total. The summed E-state index contributed by atoms with van der Waals surface area (Å²) >= 11 is 0.919. The molecule has 0 saturated heterocycles. The van der Waals surface area contributed by atoms with Crippen LogP contribution in [0.25, 0.3) is 0 Å². The second-order valence-corrected chi connectivity index (χ2v) is 8.92. The summed E-state index contributed by atoms with van der Waals surface area (Å²) in [5.74, 6) is 0.143. The highest BCUT2D eigenvalue weighted by molar-refractivity contribution is 7.99. The van der Waals surface area contributed by atoms with Gasteiger partial charge in [0.05, 0.1) is 31.3 Å². The zero-order valence-electron chi connectivity index (χ0n) is 19.8. The molecule has 0 fully saturated rings. The summed E-state index contributed by atoms with van der Waals surface area (Å²) in [6, 6.07) is 22.0. The van der Waals surface area contributed by atoms with E-state index in [-0.39, 0.29) is 22.8 Å². The van der Waals surface area contributed by atoms with Crippen LogP contribution in [0.3, 0.4) is 0 Å². The molecular formula is C26H17N3O9S. The lowest BCUT2D eigenvalue weighted by molar-refractivity contribution is -0.396. The summed E-state index contributed by atoms with van der Waals surface area (Å²) in [4.78, 5) is 44.8. The van der Waals surface area contributed by atoms with Gasteiger partial charge in [0.1, 0.15) is 18.1 Å². The number of nitro groups is 3. The van der Waals surface area contributed by atoms with Gasteiger partial charge in [0, 0.05) is 23.1 Å². The van der Waals surface area contributed by atoms with Crippen molar-refractivity contribution in [1.29, 1.82) is 0 Å². The molecule has 0 aliphatic heterocycles. The Hall–Kier alpha value is -5.30. The second kappa shape index (κ2) is 11.8. The van der Waals surface area contributed by atoms with Gasteiger partial charge in [0.25, 0.3) is 17.1 Å². The van der Waals surface area contributed by atoms with E-state index in [0.29, 0.717) is 22.0 Å². The summed E-state index contributed by atoms with van der Waals surface area (Å²) in [6.45, 7) is -0.104.